The van der Waals surface area contributed by atoms with Gasteiger partial charge in [-0.1, -0.05) is 12.1 Å². The maximum absolute atomic E-state index is 12.2. The molecule has 2 aromatic rings. The number of fused-ring (bicyclic) bond motifs is 1. The number of carbonyl (C=O) groups is 1. The number of aromatic nitrogens is 2. The molecule has 1 aliphatic heterocycles. The highest BCUT2D eigenvalue weighted by molar-refractivity contribution is 5.81. The molecule has 0 radical (unpaired) electrons. The maximum Gasteiger partial charge on any atom is 0.237 e. The van der Waals surface area contributed by atoms with Gasteiger partial charge in [-0.2, -0.15) is 0 Å². The van der Waals surface area contributed by atoms with Gasteiger partial charge in [0.1, 0.15) is 0 Å². The van der Waals surface area contributed by atoms with E-state index in [9.17, 15) is 4.79 Å². The SMILES string of the molecule is Cc1nc2ccccc2nc1CN1CCN(C(C)C(=O)NC2CC2)CC1. The molecule has 1 aromatic heterocycles. The largest absolute Gasteiger partial charge is 0.352 e. The quantitative estimate of drug-likeness (QED) is 0.887. The number of aryl methyl sites for hydroxylation is 1. The molecule has 2 aliphatic rings. The second kappa shape index (κ2) is 7.29. The number of hydrogen-bond donors (Lipinski definition) is 1. The zero-order valence-electron chi connectivity index (χ0n) is 15.6. The molecule has 6 nitrogen and oxygen atoms in total. The Morgan fingerprint density at radius 3 is 2.46 bits per heavy atom. The van der Waals surface area contributed by atoms with Gasteiger partial charge in [-0.05, 0) is 38.8 Å². The molecular weight excluding hydrogens is 326 g/mol. The molecule has 1 unspecified atom stereocenters. The molecule has 4 rings (SSSR count). The molecule has 1 N–H and O–H groups in total. The lowest BCUT2D eigenvalue weighted by atomic mass is 10.2. The molecule has 6 heteroatoms. The van der Waals surface area contributed by atoms with Gasteiger partial charge in [-0.25, -0.2) is 9.97 Å². The van der Waals surface area contributed by atoms with Crippen LogP contribution < -0.4 is 5.32 Å². The number of hydrogen-bond acceptors (Lipinski definition) is 5. The van der Waals surface area contributed by atoms with Gasteiger partial charge >= 0.3 is 0 Å². The van der Waals surface area contributed by atoms with Crippen molar-refractivity contribution in [2.75, 3.05) is 26.2 Å². The molecule has 26 heavy (non-hydrogen) atoms. The second-order valence-corrected chi connectivity index (χ2v) is 7.52. The van der Waals surface area contributed by atoms with Crippen LogP contribution in [-0.4, -0.2) is 63.9 Å². The standard InChI is InChI=1S/C20H27N5O/c1-14-19(23-18-6-4-3-5-17(18)21-14)13-24-9-11-25(12-10-24)15(2)20(26)22-16-7-8-16/h3-6,15-16H,7-13H2,1-2H3,(H,22,26). The van der Waals surface area contributed by atoms with E-state index in [1.165, 1.54) is 0 Å². The summed E-state index contributed by atoms with van der Waals surface area (Å²) >= 11 is 0. The highest BCUT2D eigenvalue weighted by Gasteiger charge is 2.30. The first kappa shape index (κ1) is 17.4. The van der Waals surface area contributed by atoms with Crippen molar-refractivity contribution in [2.24, 2.45) is 0 Å². The van der Waals surface area contributed by atoms with Crippen molar-refractivity contribution in [2.45, 2.75) is 45.3 Å². The Morgan fingerprint density at radius 1 is 1.15 bits per heavy atom. The van der Waals surface area contributed by atoms with Gasteiger partial charge < -0.3 is 5.32 Å². The highest BCUT2D eigenvalue weighted by atomic mass is 16.2. The van der Waals surface area contributed by atoms with E-state index >= 15 is 0 Å². The summed E-state index contributed by atoms with van der Waals surface area (Å²) in [7, 11) is 0. The van der Waals surface area contributed by atoms with Crippen molar-refractivity contribution in [3.05, 3.63) is 35.7 Å². The van der Waals surface area contributed by atoms with Crippen LogP contribution in [0, 0.1) is 6.92 Å². The maximum atomic E-state index is 12.2. The Bertz CT molecular complexity index is 796. The number of nitrogens with one attached hydrogen (secondary N) is 1. The van der Waals surface area contributed by atoms with Crippen molar-refractivity contribution >= 4 is 16.9 Å². The molecule has 1 saturated heterocycles. The lowest BCUT2D eigenvalue weighted by Gasteiger charge is -2.37. The van der Waals surface area contributed by atoms with Crippen LogP contribution in [0.3, 0.4) is 0 Å². The van der Waals surface area contributed by atoms with Crippen molar-refractivity contribution < 1.29 is 4.79 Å². The number of para-hydroxylation sites is 2. The first-order valence-electron chi connectivity index (χ1n) is 9.59. The summed E-state index contributed by atoms with van der Waals surface area (Å²) in [5, 5.41) is 3.11. The van der Waals surface area contributed by atoms with E-state index in [1.807, 2.05) is 38.1 Å². The zero-order valence-corrected chi connectivity index (χ0v) is 15.6. The fraction of sp³-hybridized carbons (Fsp3) is 0.550. The molecule has 1 aliphatic carbocycles. The van der Waals surface area contributed by atoms with Crippen LogP contribution in [0.4, 0.5) is 0 Å². The molecule has 0 bridgehead atoms. The molecular formula is C20H27N5O. The third-order valence-corrected chi connectivity index (χ3v) is 5.47. The lowest BCUT2D eigenvalue weighted by Crippen LogP contribution is -2.53. The molecule has 0 spiro atoms. The van der Waals surface area contributed by atoms with Crippen molar-refractivity contribution in [1.29, 1.82) is 0 Å². The fourth-order valence-electron chi connectivity index (χ4n) is 3.51. The van der Waals surface area contributed by atoms with E-state index in [0.717, 1.165) is 68.0 Å². The number of piperazine rings is 1. The Hall–Kier alpha value is -2.05. The lowest BCUT2D eigenvalue weighted by molar-refractivity contribution is -0.126. The number of benzene rings is 1. The Balaban J connectivity index is 1.35. The van der Waals surface area contributed by atoms with Gasteiger partial charge in [0.05, 0.1) is 28.5 Å². The van der Waals surface area contributed by atoms with Gasteiger partial charge in [0.25, 0.3) is 0 Å². The first-order chi connectivity index (χ1) is 12.6. The molecule has 2 heterocycles. The van der Waals surface area contributed by atoms with Crippen LogP contribution in [0.15, 0.2) is 24.3 Å². The average molecular weight is 353 g/mol. The third-order valence-electron chi connectivity index (χ3n) is 5.47. The summed E-state index contributed by atoms with van der Waals surface area (Å²) in [6.45, 7) is 8.62. The monoisotopic (exact) mass is 353 g/mol. The second-order valence-electron chi connectivity index (χ2n) is 7.52. The van der Waals surface area contributed by atoms with Crippen molar-refractivity contribution in [3.8, 4) is 0 Å². The summed E-state index contributed by atoms with van der Waals surface area (Å²) in [6.07, 6.45) is 2.27. The van der Waals surface area contributed by atoms with Gasteiger partial charge in [0.2, 0.25) is 5.91 Å². The van der Waals surface area contributed by atoms with Gasteiger partial charge in [-0.15, -0.1) is 0 Å². The predicted molar refractivity (Wildman–Crippen MR) is 102 cm³/mol. The summed E-state index contributed by atoms with van der Waals surface area (Å²) in [4.78, 5) is 26.4. The normalized spacial score (nSPS) is 20.2. The van der Waals surface area contributed by atoms with E-state index < -0.39 is 0 Å². The predicted octanol–water partition coefficient (Wildman–Crippen LogP) is 1.72. The summed E-state index contributed by atoms with van der Waals surface area (Å²) < 4.78 is 0. The number of amides is 1. The van der Waals surface area contributed by atoms with Gasteiger partial charge in [0.15, 0.2) is 0 Å². The van der Waals surface area contributed by atoms with Gasteiger partial charge in [-0.3, -0.25) is 14.6 Å². The van der Waals surface area contributed by atoms with E-state index in [1.54, 1.807) is 0 Å². The summed E-state index contributed by atoms with van der Waals surface area (Å²) in [5.74, 6) is 0.178. The van der Waals surface area contributed by atoms with Crippen LogP contribution in [-0.2, 0) is 11.3 Å². The average Bonchev–Trinajstić information content (AvgIpc) is 3.46. The van der Waals surface area contributed by atoms with Crippen LogP contribution in [0.2, 0.25) is 0 Å². The van der Waals surface area contributed by atoms with E-state index in [4.69, 9.17) is 4.98 Å². The van der Waals surface area contributed by atoms with Crippen LogP contribution in [0.1, 0.15) is 31.2 Å². The molecule has 1 saturated carbocycles. The minimum Gasteiger partial charge on any atom is -0.352 e. The van der Waals surface area contributed by atoms with Gasteiger partial charge in [0, 0.05) is 38.8 Å². The molecule has 1 amide bonds. The number of carbonyl (C=O) groups excluding carboxylic acids is 1. The fourth-order valence-corrected chi connectivity index (χ4v) is 3.51. The van der Waals surface area contributed by atoms with Crippen LogP contribution in [0.5, 0.6) is 0 Å². The minimum atomic E-state index is -0.0417. The summed E-state index contributed by atoms with van der Waals surface area (Å²) in [5.41, 5.74) is 3.96. The number of nitrogens with zero attached hydrogens (tertiary/aromatic N) is 4. The minimum absolute atomic E-state index is 0.0417. The van der Waals surface area contributed by atoms with E-state index in [0.29, 0.717) is 6.04 Å². The molecule has 138 valence electrons. The molecule has 1 atom stereocenters. The molecule has 1 aromatic carbocycles. The zero-order chi connectivity index (χ0) is 18.1. The topological polar surface area (TPSA) is 61.4 Å². The Morgan fingerprint density at radius 2 is 1.81 bits per heavy atom. The van der Waals surface area contributed by atoms with Crippen molar-refractivity contribution in [1.82, 2.24) is 25.1 Å². The first-order valence-corrected chi connectivity index (χ1v) is 9.59. The number of rotatable bonds is 5. The Kier molecular flexibility index (Phi) is 4.87. The van der Waals surface area contributed by atoms with Crippen LogP contribution in [0.25, 0.3) is 11.0 Å². The Labute approximate surface area is 154 Å². The van der Waals surface area contributed by atoms with Crippen molar-refractivity contribution in [3.63, 3.8) is 0 Å². The van der Waals surface area contributed by atoms with E-state index in [-0.39, 0.29) is 11.9 Å². The molecule has 2 fully saturated rings. The summed E-state index contributed by atoms with van der Waals surface area (Å²) in [6, 6.07) is 8.41. The highest BCUT2D eigenvalue weighted by Crippen LogP contribution is 2.20. The van der Waals surface area contributed by atoms with Crippen LogP contribution >= 0.6 is 0 Å². The smallest absolute Gasteiger partial charge is 0.237 e. The van der Waals surface area contributed by atoms with E-state index in [2.05, 4.69) is 20.1 Å². The third kappa shape index (κ3) is 3.86.